The minimum absolute atomic E-state index is 0.0209. The molecule has 128 valence electrons. The Hall–Kier alpha value is -2.17. The first kappa shape index (κ1) is 18.2. The van der Waals surface area contributed by atoms with Crippen molar-refractivity contribution < 1.29 is 9.90 Å². The number of carbonyl (C=O) groups is 1. The predicted molar refractivity (Wildman–Crippen MR) is 98.1 cm³/mol. The van der Waals surface area contributed by atoms with Crippen LogP contribution in [0, 0.1) is 20.8 Å². The van der Waals surface area contributed by atoms with E-state index in [0.29, 0.717) is 0 Å². The molecule has 1 unspecified atom stereocenters. The molecule has 2 aromatic rings. The summed E-state index contributed by atoms with van der Waals surface area (Å²) in [5, 5.41) is 15.4. The molecule has 4 nitrogen and oxygen atoms in total. The lowest BCUT2D eigenvalue weighted by Crippen LogP contribution is -2.30. The van der Waals surface area contributed by atoms with Crippen molar-refractivity contribution in [3.63, 3.8) is 0 Å². The summed E-state index contributed by atoms with van der Waals surface area (Å²) in [7, 11) is 0. The molecule has 0 aromatic heterocycles. The topological polar surface area (TPSA) is 61.4 Å². The molecule has 0 heterocycles. The SMILES string of the molecule is Cc1cc(C)c(NC(=O)CNC(C)c2cccc(CO)c2)c(C)c1. The van der Waals surface area contributed by atoms with E-state index >= 15 is 0 Å². The Morgan fingerprint density at radius 1 is 1.12 bits per heavy atom. The highest BCUT2D eigenvalue weighted by atomic mass is 16.3. The number of carbonyl (C=O) groups excluding carboxylic acids is 1. The highest BCUT2D eigenvalue weighted by molar-refractivity contribution is 5.93. The molecule has 1 amide bonds. The number of aryl methyl sites for hydroxylation is 3. The average Bonchev–Trinajstić information content (AvgIpc) is 2.56. The van der Waals surface area contributed by atoms with Crippen LogP contribution in [0.2, 0.25) is 0 Å². The van der Waals surface area contributed by atoms with Crippen LogP contribution >= 0.6 is 0 Å². The van der Waals surface area contributed by atoms with Gasteiger partial charge < -0.3 is 15.7 Å². The summed E-state index contributed by atoms with van der Waals surface area (Å²) < 4.78 is 0. The average molecular weight is 326 g/mol. The number of benzene rings is 2. The van der Waals surface area contributed by atoms with Gasteiger partial charge in [-0.05, 0) is 49.9 Å². The molecule has 0 fully saturated rings. The number of hydrogen-bond donors (Lipinski definition) is 3. The van der Waals surface area contributed by atoms with Crippen molar-refractivity contribution in [3.05, 3.63) is 64.2 Å². The van der Waals surface area contributed by atoms with Crippen molar-refractivity contribution in [2.45, 2.75) is 40.3 Å². The highest BCUT2D eigenvalue weighted by Gasteiger charge is 2.11. The molecule has 0 aliphatic heterocycles. The van der Waals surface area contributed by atoms with Gasteiger partial charge in [0.15, 0.2) is 0 Å². The monoisotopic (exact) mass is 326 g/mol. The first-order valence-electron chi connectivity index (χ1n) is 8.21. The second-order valence-corrected chi connectivity index (χ2v) is 6.33. The van der Waals surface area contributed by atoms with Crippen LogP contribution < -0.4 is 10.6 Å². The predicted octanol–water partition coefficient (Wildman–Crippen LogP) is 3.39. The molecule has 2 aromatic carbocycles. The fraction of sp³-hybridized carbons (Fsp3) is 0.350. The molecule has 4 heteroatoms. The Morgan fingerprint density at radius 2 is 1.79 bits per heavy atom. The largest absolute Gasteiger partial charge is 0.392 e. The standard InChI is InChI=1S/C20H26N2O2/c1-13-8-14(2)20(15(3)9-13)22-19(24)11-21-16(4)18-7-5-6-17(10-18)12-23/h5-10,16,21,23H,11-12H2,1-4H3,(H,22,24). The highest BCUT2D eigenvalue weighted by Crippen LogP contribution is 2.21. The van der Waals surface area contributed by atoms with Gasteiger partial charge in [-0.25, -0.2) is 0 Å². The molecule has 0 bridgehead atoms. The van der Waals surface area contributed by atoms with Gasteiger partial charge in [-0.15, -0.1) is 0 Å². The number of aliphatic hydroxyl groups excluding tert-OH is 1. The fourth-order valence-electron chi connectivity index (χ4n) is 2.89. The Morgan fingerprint density at radius 3 is 2.42 bits per heavy atom. The lowest BCUT2D eigenvalue weighted by molar-refractivity contribution is -0.115. The molecule has 0 saturated carbocycles. The number of aliphatic hydroxyl groups is 1. The zero-order chi connectivity index (χ0) is 17.7. The third-order valence-electron chi connectivity index (χ3n) is 4.14. The Balaban J connectivity index is 1.96. The molecule has 1 atom stereocenters. The smallest absolute Gasteiger partial charge is 0.238 e. The Bertz CT molecular complexity index is 702. The summed E-state index contributed by atoms with van der Waals surface area (Å²) in [5.41, 5.74) is 6.16. The summed E-state index contributed by atoms with van der Waals surface area (Å²) in [6, 6.07) is 11.9. The van der Waals surface area contributed by atoms with E-state index in [1.807, 2.05) is 45.0 Å². The van der Waals surface area contributed by atoms with Gasteiger partial charge in [0.25, 0.3) is 0 Å². The van der Waals surface area contributed by atoms with Crippen molar-refractivity contribution in [1.29, 1.82) is 0 Å². The number of amides is 1. The summed E-state index contributed by atoms with van der Waals surface area (Å²) in [6.07, 6.45) is 0. The summed E-state index contributed by atoms with van der Waals surface area (Å²) >= 11 is 0. The molecule has 24 heavy (non-hydrogen) atoms. The summed E-state index contributed by atoms with van der Waals surface area (Å²) in [5.74, 6) is -0.0600. The van der Waals surface area contributed by atoms with Gasteiger partial charge in [0.1, 0.15) is 0 Å². The Labute approximate surface area is 143 Å². The molecule has 0 aliphatic carbocycles. The third kappa shape index (κ3) is 4.66. The molecule has 0 radical (unpaired) electrons. The molecule has 0 saturated heterocycles. The second kappa shape index (κ2) is 8.08. The Kier molecular flexibility index (Phi) is 6.12. The van der Waals surface area contributed by atoms with E-state index in [0.717, 1.165) is 27.9 Å². The van der Waals surface area contributed by atoms with Gasteiger partial charge in [-0.3, -0.25) is 4.79 Å². The number of hydrogen-bond acceptors (Lipinski definition) is 3. The van der Waals surface area contributed by atoms with Crippen LogP contribution in [0.25, 0.3) is 0 Å². The molecule has 2 rings (SSSR count). The second-order valence-electron chi connectivity index (χ2n) is 6.33. The van der Waals surface area contributed by atoms with Gasteiger partial charge in [-0.2, -0.15) is 0 Å². The lowest BCUT2D eigenvalue weighted by atomic mass is 10.0. The number of anilines is 1. The zero-order valence-electron chi connectivity index (χ0n) is 14.8. The third-order valence-corrected chi connectivity index (χ3v) is 4.14. The quantitative estimate of drug-likeness (QED) is 0.762. The van der Waals surface area contributed by atoms with Crippen LogP contribution in [0.4, 0.5) is 5.69 Å². The van der Waals surface area contributed by atoms with Crippen LogP contribution in [-0.2, 0) is 11.4 Å². The van der Waals surface area contributed by atoms with E-state index in [9.17, 15) is 9.90 Å². The number of rotatable bonds is 6. The van der Waals surface area contributed by atoms with Gasteiger partial charge in [0, 0.05) is 11.7 Å². The molecule has 0 spiro atoms. The summed E-state index contributed by atoms with van der Waals surface area (Å²) in [4.78, 5) is 12.2. The van der Waals surface area contributed by atoms with Gasteiger partial charge >= 0.3 is 0 Å². The van der Waals surface area contributed by atoms with E-state index in [2.05, 4.69) is 29.7 Å². The maximum Gasteiger partial charge on any atom is 0.238 e. The van der Waals surface area contributed by atoms with Crippen LogP contribution in [-0.4, -0.2) is 17.6 Å². The van der Waals surface area contributed by atoms with Crippen LogP contribution in [0.3, 0.4) is 0 Å². The van der Waals surface area contributed by atoms with Gasteiger partial charge in [0.05, 0.1) is 13.2 Å². The first-order valence-corrected chi connectivity index (χ1v) is 8.21. The fourth-order valence-corrected chi connectivity index (χ4v) is 2.89. The van der Waals surface area contributed by atoms with Crippen LogP contribution in [0.5, 0.6) is 0 Å². The van der Waals surface area contributed by atoms with Crippen molar-refractivity contribution in [2.75, 3.05) is 11.9 Å². The van der Waals surface area contributed by atoms with Crippen molar-refractivity contribution >= 4 is 11.6 Å². The molecular formula is C20H26N2O2. The van der Waals surface area contributed by atoms with Crippen molar-refractivity contribution in [3.8, 4) is 0 Å². The van der Waals surface area contributed by atoms with E-state index in [1.54, 1.807) is 0 Å². The minimum Gasteiger partial charge on any atom is -0.392 e. The van der Waals surface area contributed by atoms with Crippen LogP contribution in [0.1, 0.15) is 40.8 Å². The van der Waals surface area contributed by atoms with Crippen molar-refractivity contribution in [2.24, 2.45) is 0 Å². The van der Waals surface area contributed by atoms with E-state index in [1.165, 1.54) is 5.56 Å². The van der Waals surface area contributed by atoms with Crippen LogP contribution in [0.15, 0.2) is 36.4 Å². The molecular weight excluding hydrogens is 300 g/mol. The maximum atomic E-state index is 12.2. The van der Waals surface area contributed by atoms with Crippen molar-refractivity contribution in [1.82, 2.24) is 5.32 Å². The number of nitrogens with one attached hydrogen (secondary N) is 2. The van der Waals surface area contributed by atoms with E-state index in [4.69, 9.17) is 0 Å². The van der Waals surface area contributed by atoms with E-state index in [-0.39, 0.29) is 25.1 Å². The van der Waals surface area contributed by atoms with Gasteiger partial charge in [-0.1, -0.05) is 42.0 Å². The zero-order valence-corrected chi connectivity index (χ0v) is 14.8. The van der Waals surface area contributed by atoms with E-state index < -0.39 is 0 Å². The molecule has 3 N–H and O–H groups in total. The summed E-state index contributed by atoms with van der Waals surface area (Å²) in [6.45, 7) is 8.32. The van der Waals surface area contributed by atoms with Gasteiger partial charge in [0.2, 0.25) is 5.91 Å². The minimum atomic E-state index is -0.0600. The lowest BCUT2D eigenvalue weighted by Gasteiger charge is -2.16. The molecule has 0 aliphatic rings. The maximum absolute atomic E-state index is 12.2. The normalized spacial score (nSPS) is 12.0. The first-order chi connectivity index (χ1) is 11.4.